The largest absolute Gasteiger partial charge is 0.481 e. The standard InChI is InChI=1S/C22H22FNO4/c23-11-9-22(20(25)26)10-12-24(14-22)21(27)28-13-19-17-7-3-1-5-15(17)16-6-2-4-8-18(16)19/h1-8,19H,9-14H2,(H,25,26). The van der Waals surface area contributed by atoms with Crippen molar-refractivity contribution in [3.8, 4) is 11.1 Å². The molecule has 1 aliphatic heterocycles. The number of hydrogen-bond acceptors (Lipinski definition) is 3. The van der Waals surface area contributed by atoms with Crippen molar-refractivity contribution in [3.63, 3.8) is 0 Å². The molecule has 1 unspecified atom stereocenters. The van der Waals surface area contributed by atoms with Crippen LogP contribution in [0, 0.1) is 5.41 Å². The molecule has 1 fully saturated rings. The molecule has 1 atom stereocenters. The van der Waals surface area contributed by atoms with Crippen LogP contribution in [0.5, 0.6) is 0 Å². The van der Waals surface area contributed by atoms with Crippen molar-refractivity contribution in [2.75, 3.05) is 26.4 Å². The fourth-order valence-corrected chi connectivity index (χ4v) is 4.38. The van der Waals surface area contributed by atoms with Crippen molar-refractivity contribution in [1.82, 2.24) is 4.90 Å². The first-order valence-electron chi connectivity index (χ1n) is 9.45. The number of carbonyl (C=O) groups excluding carboxylic acids is 1. The van der Waals surface area contributed by atoms with Crippen molar-refractivity contribution in [2.24, 2.45) is 5.41 Å². The number of likely N-dealkylation sites (tertiary alicyclic amines) is 1. The maximum absolute atomic E-state index is 12.8. The maximum Gasteiger partial charge on any atom is 0.409 e. The Labute approximate surface area is 162 Å². The van der Waals surface area contributed by atoms with E-state index in [4.69, 9.17) is 4.74 Å². The monoisotopic (exact) mass is 383 g/mol. The van der Waals surface area contributed by atoms with E-state index < -0.39 is 24.2 Å². The Kier molecular flexibility index (Phi) is 4.79. The molecule has 28 heavy (non-hydrogen) atoms. The Morgan fingerprint density at radius 1 is 1.11 bits per heavy atom. The van der Waals surface area contributed by atoms with Gasteiger partial charge in [-0.05, 0) is 35.1 Å². The summed E-state index contributed by atoms with van der Waals surface area (Å²) in [6.45, 7) is -0.275. The zero-order valence-electron chi connectivity index (χ0n) is 15.4. The van der Waals surface area contributed by atoms with Gasteiger partial charge in [-0.2, -0.15) is 0 Å². The molecule has 0 aromatic heterocycles. The Morgan fingerprint density at radius 3 is 2.29 bits per heavy atom. The van der Waals surface area contributed by atoms with Gasteiger partial charge in [0.2, 0.25) is 0 Å². The number of hydrogen-bond donors (Lipinski definition) is 1. The Hall–Kier alpha value is -2.89. The maximum atomic E-state index is 12.8. The van der Waals surface area contributed by atoms with Crippen molar-refractivity contribution in [3.05, 3.63) is 59.7 Å². The average Bonchev–Trinajstić information content (AvgIpc) is 3.27. The summed E-state index contributed by atoms with van der Waals surface area (Å²) in [6.07, 6.45) is -0.379. The van der Waals surface area contributed by atoms with Gasteiger partial charge in [-0.15, -0.1) is 0 Å². The summed E-state index contributed by atoms with van der Waals surface area (Å²) >= 11 is 0. The van der Waals surface area contributed by atoms with Crippen molar-refractivity contribution in [1.29, 1.82) is 0 Å². The normalized spacial score (nSPS) is 20.7. The van der Waals surface area contributed by atoms with E-state index in [1.807, 2.05) is 36.4 Å². The van der Waals surface area contributed by atoms with Gasteiger partial charge >= 0.3 is 12.1 Å². The first-order chi connectivity index (χ1) is 13.6. The molecule has 1 saturated heterocycles. The zero-order valence-corrected chi connectivity index (χ0v) is 15.4. The van der Waals surface area contributed by atoms with Crippen molar-refractivity contribution >= 4 is 12.1 Å². The van der Waals surface area contributed by atoms with E-state index in [2.05, 4.69) is 12.1 Å². The lowest BCUT2D eigenvalue weighted by Gasteiger charge is -2.23. The number of carboxylic acids is 1. The van der Waals surface area contributed by atoms with Crippen LogP contribution >= 0.6 is 0 Å². The number of halogens is 1. The van der Waals surface area contributed by atoms with Crippen LogP contribution in [0.3, 0.4) is 0 Å². The van der Waals surface area contributed by atoms with Crippen LogP contribution in [-0.2, 0) is 9.53 Å². The van der Waals surface area contributed by atoms with E-state index >= 15 is 0 Å². The molecule has 6 heteroatoms. The Balaban J connectivity index is 1.47. The van der Waals surface area contributed by atoms with Crippen molar-refractivity contribution in [2.45, 2.75) is 18.8 Å². The lowest BCUT2D eigenvalue weighted by atomic mass is 9.84. The zero-order chi connectivity index (χ0) is 19.7. The van der Waals surface area contributed by atoms with Gasteiger partial charge < -0.3 is 14.7 Å². The third-order valence-electron chi connectivity index (χ3n) is 5.97. The topological polar surface area (TPSA) is 66.8 Å². The summed E-state index contributed by atoms with van der Waals surface area (Å²) in [5, 5.41) is 9.47. The lowest BCUT2D eigenvalue weighted by molar-refractivity contribution is -0.148. The number of ether oxygens (including phenoxy) is 1. The highest BCUT2D eigenvalue weighted by molar-refractivity contribution is 5.80. The van der Waals surface area contributed by atoms with Crippen LogP contribution in [-0.4, -0.2) is 48.4 Å². The summed E-state index contributed by atoms with van der Waals surface area (Å²) in [6, 6.07) is 16.1. The predicted molar refractivity (Wildman–Crippen MR) is 102 cm³/mol. The van der Waals surface area contributed by atoms with Gasteiger partial charge in [0.1, 0.15) is 6.61 Å². The molecule has 146 valence electrons. The van der Waals surface area contributed by atoms with Gasteiger partial charge in [0, 0.05) is 19.0 Å². The number of benzene rings is 2. The van der Waals surface area contributed by atoms with Crippen LogP contribution in [0.25, 0.3) is 11.1 Å². The number of amides is 1. The SMILES string of the molecule is O=C(OCC1c2ccccc2-c2ccccc21)N1CCC(CCF)(C(=O)O)C1. The lowest BCUT2D eigenvalue weighted by Crippen LogP contribution is -2.37. The van der Waals surface area contributed by atoms with E-state index in [9.17, 15) is 19.1 Å². The number of alkyl halides is 1. The summed E-state index contributed by atoms with van der Waals surface area (Å²) in [7, 11) is 0. The molecule has 2 aliphatic rings. The molecule has 4 rings (SSSR count). The molecule has 0 bridgehead atoms. The Morgan fingerprint density at radius 2 is 1.71 bits per heavy atom. The first-order valence-corrected chi connectivity index (χ1v) is 9.45. The summed E-state index contributed by atoms with van der Waals surface area (Å²) in [5.41, 5.74) is 3.33. The van der Waals surface area contributed by atoms with E-state index in [1.54, 1.807) is 0 Å². The second-order valence-corrected chi connectivity index (χ2v) is 7.50. The summed E-state index contributed by atoms with van der Waals surface area (Å²) < 4.78 is 18.4. The van der Waals surface area contributed by atoms with E-state index in [1.165, 1.54) is 4.90 Å². The predicted octanol–water partition coefficient (Wildman–Crippen LogP) is 4.07. The van der Waals surface area contributed by atoms with Gasteiger partial charge in [-0.3, -0.25) is 9.18 Å². The van der Waals surface area contributed by atoms with Crippen LogP contribution in [0.15, 0.2) is 48.5 Å². The van der Waals surface area contributed by atoms with Gasteiger partial charge in [-0.1, -0.05) is 48.5 Å². The first kappa shape index (κ1) is 18.5. The highest BCUT2D eigenvalue weighted by atomic mass is 19.1. The fourth-order valence-electron chi connectivity index (χ4n) is 4.38. The minimum absolute atomic E-state index is 0.0110. The third kappa shape index (κ3) is 3.03. The molecule has 0 radical (unpaired) electrons. The number of aliphatic carboxylic acids is 1. The van der Waals surface area contributed by atoms with Crippen LogP contribution < -0.4 is 0 Å². The molecule has 1 amide bonds. The van der Waals surface area contributed by atoms with Gasteiger partial charge in [-0.25, -0.2) is 4.79 Å². The van der Waals surface area contributed by atoms with Gasteiger partial charge in [0.25, 0.3) is 0 Å². The second-order valence-electron chi connectivity index (χ2n) is 7.50. The van der Waals surface area contributed by atoms with Crippen LogP contribution in [0.2, 0.25) is 0 Å². The summed E-state index contributed by atoms with van der Waals surface area (Å²) in [4.78, 5) is 25.5. The van der Waals surface area contributed by atoms with Crippen LogP contribution in [0.1, 0.15) is 29.9 Å². The smallest absolute Gasteiger partial charge is 0.409 e. The highest BCUT2D eigenvalue weighted by Gasteiger charge is 2.46. The second kappa shape index (κ2) is 7.26. The summed E-state index contributed by atoms with van der Waals surface area (Å²) in [5.74, 6) is -1.10. The molecular weight excluding hydrogens is 361 g/mol. The molecule has 0 spiro atoms. The van der Waals surface area contributed by atoms with Gasteiger partial charge in [0.05, 0.1) is 12.1 Å². The Bertz CT molecular complexity index is 869. The number of carbonyl (C=O) groups is 2. The van der Waals surface area contributed by atoms with E-state index in [0.717, 1.165) is 22.3 Å². The minimum atomic E-state index is -1.21. The molecule has 2 aromatic carbocycles. The molecule has 1 heterocycles. The fraction of sp³-hybridized carbons (Fsp3) is 0.364. The molecule has 5 nitrogen and oxygen atoms in total. The molecule has 1 aliphatic carbocycles. The molecule has 0 saturated carbocycles. The average molecular weight is 383 g/mol. The van der Waals surface area contributed by atoms with E-state index in [0.29, 0.717) is 0 Å². The molecule has 1 N–H and O–H groups in total. The number of rotatable bonds is 5. The number of fused-ring (bicyclic) bond motifs is 3. The molecule has 2 aromatic rings. The van der Waals surface area contributed by atoms with Gasteiger partial charge in [0.15, 0.2) is 0 Å². The minimum Gasteiger partial charge on any atom is -0.481 e. The van der Waals surface area contributed by atoms with Crippen LogP contribution in [0.4, 0.5) is 9.18 Å². The third-order valence-corrected chi connectivity index (χ3v) is 5.97. The van der Waals surface area contributed by atoms with Crippen molar-refractivity contribution < 1.29 is 23.8 Å². The number of nitrogens with zero attached hydrogens (tertiary/aromatic N) is 1. The molecular formula is C22H22FNO4. The quantitative estimate of drug-likeness (QED) is 0.845. The number of carboxylic acid groups (broad SMARTS) is 1. The highest BCUT2D eigenvalue weighted by Crippen LogP contribution is 2.44. The van der Waals surface area contributed by atoms with E-state index in [-0.39, 0.29) is 38.5 Å².